The van der Waals surface area contributed by atoms with Crippen LogP contribution in [0.25, 0.3) is 0 Å². The second kappa shape index (κ2) is 5.94. The van der Waals surface area contributed by atoms with Crippen LogP contribution in [0.4, 0.5) is 0 Å². The van der Waals surface area contributed by atoms with E-state index in [0.29, 0.717) is 38.5 Å². The first kappa shape index (κ1) is 20.2. The molecule has 30 heavy (non-hydrogen) atoms. The average Bonchev–Trinajstić information content (AvgIpc) is 3.32. The summed E-state index contributed by atoms with van der Waals surface area (Å²) in [6.45, 7) is 4.14. The number of fused-ring (bicyclic) bond motifs is 3. The molecule has 164 valence electrons. The average molecular weight is 418 g/mol. The van der Waals surface area contributed by atoms with Crippen molar-refractivity contribution in [2.45, 2.75) is 82.5 Å². The highest BCUT2D eigenvalue weighted by Crippen LogP contribution is 2.77. The van der Waals surface area contributed by atoms with Crippen molar-refractivity contribution in [1.29, 1.82) is 0 Å². The molecule has 1 heterocycles. The maximum Gasteiger partial charge on any atom is 0.307 e. The van der Waals surface area contributed by atoms with Crippen LogP contribution in [0.2, 0.25) is 0 Å². The lowest BCUT2D eigenvalue weighted by Crippen LogP contribution is -2.63. The molecule has 4 fully saturated rings. The highest BCUT2D eigenvalue weighted by Gasteiger charge is 2.82. The molecule has 0 radical (unpaired) electrons. The second-order valence-corrected chi connectivity index (χ2v) is 10.7. The van der Waals surface area contributed by atoms with Gasteiger partial charge in [0.15, 0.2) is 5.78 Å². The van der Waals surface area contributed by atoms with Gasteiger partial charge in [0.1, 0.15) is 5.60 Å². The minimum Gasteiger partial charge on any atom is -0.481 e. The molecule has 7 nitrogen and oxygen atoms in total. The molecular formula is C23H30O7. The Balaban J connectivity index is 1.59. The summed E-state index contributed by atoms with van der Waals surface area (Å²) in [5.74, 6) is -2.70. The molecule has 5 rings (SSSR count). The minimum absolute atomic E-state index is 0.0489. The van der Waals surface area contributed by atoms with Gasteiger partial charge < -0.3 is 20.1 Å². The number of carboxylic acids is 2. The van der Waals surface area contributed by atoms with E-state index < -0.39 is 34.5 Å². The molecule has 0 aromatic heterocycles. The molecular weight excluding hydrogens is 388 g/mol. The van der Waals surface area contributed by atoms with Gasteiger partial charge in [0.25, 0.3) is 0 Å². The summed E-state index contributed by atoms with van der Waals surface area (Å²) in [6.07, 6.45) is 4.81. The van der Waals surface area contributed by atoms with Crippen LogP contribution < -0.4 is 0 Å². The Bertz CT molecular complexity index is 879. The van der Waals surface area contributed by atoms with Crippen molar-refractivity contribution in [1.82, 2.24) is 0 Å². The van der Waals surface area contributed by atoms with Crippen molar-refractivity contribution in [3.63, 3.8) is 0 Å². The van der Waals surface area contributed by atoms with Crippen LogP contribution in [0, 0.1) is 28.6 Å². The largest absolute Gasteiger partial charge is 0.481 e. The summed E-state index contributed by atoms with van der Waals surface area (Å²) in [5.41, 5.74) is -1.74. The van der Waals surface area contributed by atoms with Crippen molar-refractivity contribution >= 4 is 17.7 Å². The van der Waals surface area contributed by atoms with Gasteiger partial charge in [-0.1, -0.05) is 19.4 Å². The van der Waals surface area contributed by atoms with E-state index in [1.807, 2.05) is 6.92 Å². The smallest absolute Gasteiger partial charge is 0.307 e. The first-order chi connectivity index (χ1) is 14.0. The molecule has 3 saturated carbocycles. The molecule has 1 aliphatic heterocycles. The fraction of sp³-hybridized carbons (Fsp3) is 0.783. The zero-order valence-corrected chi connectivity index (χ0v) is 17.5. The van der Waals surface area contributed by atoms with E-state index >= 15 is 0 Å². The summed E-state index contributed by atoms with van der Waals surface area (Å²) in [5, 5.41) is 30.9. The SMILES string of the molecule is C[C@]12CCC(=O)C=C1CC(C(=O)O)[C@H]1[C@@H]3CC[C@](O)(CCC(=O)O)[C@@]3(C)CC3OC312. The van der Waals surface area contributed by atoms with Gasteiger partial charge in [-0.15, -0.1) is 0 Å². The van der Waals surface area contributed by atoms with Gasteiger partial charge in [0.2, 0.25) is 0 Å². The van der Waals surface area contributed by atoms with E-state index in [2.05, 4.69) is 6.92 Å². The Morgan fingerprint density at radius 3 is 2.63 bits per heavy atom. The number of hydrogen-bond acceptors (Lipinski definition) is 5. The minimum atomic E-state index is -1.13. The molecule has 0 aromatic carbocycles. The topological polar surface area (TPSA) is 124 Å². The molecule has 0 aromatic rings. The molecule has 3 unspecified atom stereocenters. The monoisotopic (exact) mass is 418 g/mol. The lowest BCUT2D eigenvalue weighted by Gasteiger charge is -2.58. The highest BCUT2D eigenvalue weighted by atomic mass is 16.6. The predicted molar refractivity (Wildman–Crippen MR) is 105 cm³/mol. The van der Waals surface area contributed by atoms with Crippen LogP contribution in [0.5, 0.6) is 0 Å². The first-order valence-electron chi connectivity index (χ1n) is 11.1. The zero-order valence-electron chi connectivity index (χ0n) is 17.5. The third kappa shape index (κ3) is 2.25. The van der Waals surface area contributed by atoms with Gasteiger partial charge in [-0.05, 0) is 50.5 Å². The Morgan fingerprint density at radius 2 is 1.97 bits per heavy atom. The molecule has 5 aliphatic rings. The molecule has 1 spiro atoms. The Morgan fingerprint density at radius 1 is 1.23 bits per heavy atom. The second-order valence-electron chi connectivity index (χ2n) is 10.7. The van der Waals surface area contributed by atoms with Crippen LogP contribution in [-0.2, 0) is 19.1 Å². The van der Waals surface area contributed by atoms with Crippen molar-refractivity contribution in [3.8, 4) is 0 Å². The number of rotatable bonds is 4. The molecule has 0 amide bonds. The number of aliphatic hydroxyl groups is 1. The number of ether oxygens (including phenoxy) is 1. The third-order valence-corrected chi connectivity index (χ3v) is 9.77. The van der Waals surface area contributed by atoms with Gasteiger partial charge in [0.05, 0.1) is 17.6 Å². The van der Waals surface area contributed by atoms with Crippen molar-refractivity contribution in [2.24, 2.45) is 28.6 Å². The van der Waals surface area contributed by atoms with Crippen LogP contribution in [0.3, 0.4) is 0 Å². The molecule has 7 heteroatoms. The molecule has 4 aliphatic carbocycles. The van der Waals surface area contributed by atoms with Gasteiger partial charge >= 0.3 is 11.9 Å². The lowest BCUT2D eigenvalue weighted by molar-refractivity contribution is -0.160. The summed E-state index contributed by atoms with van der Waals surface area (Å²) in [6, 6.07) is 0. The van der Waals surface area contributed by atoms with Crippen molar-refractivity contribution < 1.29 is 34.4 Å². The standard InChI is InChI=1S/C23H30O7/c1-20-6-3-13(24)9-12(20)10-14(19(27)28)18-15-4-7-22(29,8-5-17(25)26)21(15,2)11-16-23(18,20)30-16/h9,14-16,18,29H,3-8,10-11H2,1-2H3,(H,25,26)(H,27,28)/t14?,15-,16?,18-,20-,21-,22-,23?/m0/s1. The van der Waals surface area contributed by atoms with E-state index in [1.54, 1.807) is 6.08 Å². The number of ketones is 1. The number of carbonyl (C=O) groups is 3. The van der Waals surface area contributed by atoms with E-state index in [1.165, 1.54) is 0 Å². The molecule has 3 N–H and O–H groups in total. The van der Waals surface area contributed by atoms with Gasteiger partial charge in [-0.3, -0.25) is 14.4 Å². The maximum absolute atomic E-state index is 12.4. The van der Waals surface area contributed by atoms with Gasteiger partial charge in [0, 0.05) is 29.6 Å². The third-order valence-electron chi connectivity index (χ3n) is 9.77. The van der Waals surface area contributed by atoms with Crippen LogP contribution in [0.15, 0.2) is 11.6 Å². The Kier molecular flexibility index (Phi) is 4.00. The van der Waals surface area contributed by atoms with Crippen molar-refractivity contribution in [3.05, 3.63) is 11.6 Å². The lowest BCUT2D eigenvalue weighted by atomic mass is 9.43. The van der Waals surface area contributed by atoms with E-state index in [0.717, 1.165) is 5.57 Å². The normalized spacial score (nSPS) is 51.2. The number of aliphatic carboxylic acids is 2. The van der Waals surface area contributed by atoms with Crippen LogP contribution >= 0.6 is 0 Å². The number of carbonyl (C=O) groups excluding carboxylic acids is 1. The first-order valence-corrected chi connectivity index (χ1v) is 11.1. The van der Waals surface area contributed by atoms with E-state index in [4.69, 9.17) is 9.84 Å². The Labute approximate surface area is 175 Å². The number of carboxylic acid groups (broad SMARTS) is 2. The predicted octanol–water partition coefficient (Wildman–Crippen LogP) is 2.56. The fourth-order valence-electron chi connectivity index (χ4n) is 8.08. The molecule has 8 atom stereocenters. The maximum atomic E-state index is 12.4. The summed E-state index contributed by atoms with van der Waals surface area (Å²) in [4.78, 5) is 35.7. The van der Waals surface area contributed by atoms with E-state index in [9.17, 15) is 24.6 Å². The summed E-state index contributed by atoms with van der Waals surface area (Å²) < 4.78 is 6.44. The van der Waals surface area contributed by atoms with Crippen LogP contribution in [-0.4, -0.2) is 50.3 Å². The molecule has 1 saturated heterocycles. The summed E-state index contributed by atoms with van der Waals surface area (Å²) >= 11 is 0. The highest BCUT2D eigenvalue weighted by molar-refractivity contribution is 5.92. The van der Waals surface area contributed by atoms with Crippen LogP contribution in [0.1, 0.15) is 65.2 Å². The van der Waals surface area contributed by atoms with Gasteiger partial charge in [-0.2, -0.15) is 0 Å². The fourth-order valence-corrected chi connectivity index (χ4v) is 8.08. The Hall–Kier alpha value is -1.73. The number of hydrogen-bond donors (Lipinski definition) is 3. The van der Waals surface area contributed by atoms with Crippen molar-refractivity contribution in [2.75, 3.05) is 0 Å². The quantitative estimate of drug-likeness (QED) is 0.599. The molecule has 0 bridgehead atoms. The van der Waals surface area contributed by atoms with E-state index in [-0.39, 0.29) is 42.0 Å². The number of epoxide rings is 1. The van der Waals surface area contributed by atoms with Gasteiger partial charge in [-0.25, -0.2) is 0 Å². The zero-order chi connectivity index (χ0) is 21.7. The summed E-state index contributed by atoms with van der Waals surface area (Å²) in [7, 11) is 0.